The van der Waals surface area contributed by atoms with Crippen molar-refractivity contribution >= 4 is 17.2 Å². The summed E-state index contributed by atoms with van der Waals surface area (Å²) in [5.41, 5.74) is 13.3. The molecule has 2 aromatic heterocycles. The molecule has 0 unspecified atom stereocenters. The number of nitriles is 1. The summed E-state index contributed by atoms with van der Waals surface area (Å²) < 4.78 is 0. The summed E-state index contributed by atoms with van der Waals surface area (Å²) in [5, 5.41) is 11.5. The minimum absolute atomic E-state index is 0.0389. The van der Waals surface area contributed by atoms with Gasteiger partial charge in [-0.2, -0.15) is 5.26 Å². The molecule has 0 amide bonds. The van der Waals surface area contributed by atoms with E-state index in [4.69, 9.17) is 16.7 Å². The smallest absolute Gasteiger partial charge is 0.222 e. The second kappa shape index (κ2) is 5.27. The van der Waals surface area contributed by atoms with Crippen LogP contribution in [-0.2, 0) is 6.42 Å². The van der Waals surface area contributed by atoms with Gasteiger partial charge in [-0.1, -0.05) is 0 Å². The summed E-state index contributed by atoms with van der Waals surface area (Å²) in [7, 11) is 0. The van der Waals surface area contributed by atoms with Crippen LogP contribution in [0.1, 0.15) is 22.8 Å². The Balaban J connectivity index is 2.46. The third-order valence-electron chi connectivity index (χ3n) is 2.81. The Kier molecular flexibility index (Phi) is 3.52. The van der Waals surface area contributed by atoms with Crippen LogP contribution in [0.25, 0.3) is 0 Å². The van der Waals surface area contributed by atoms with E-state index in [9.17, 15) is 4.91 Å². The molecule has 2 aromatic rings. The van der Waals surface area contributed by atoms with E-state index in [1.54, 1.807) is 6.92 Å². The fourth-order valence-corrected chi connectivity index (χ4v) is 1.76. The molecule has 4 N–H and O–H groups in total. The zero-order chi connectivity index (χ0) is 14.7. The maximum atomic E-state index is 10.6. The Morgan fingerprint density at radius 3 is 2.75 bits per heavy atom. The summed E-state index contributed by atoms with van der Waals surface area (Å²) in [6.45, 7) is 1.69. The van der Waals surface area contributed by atoms with E-state index < -0.39 is 0 Å². The predicted molar refractivity (Wildman–Crippen MR) is 72.8 cm³/mol. The lowest BCUT2D eigenvalue weighted by Gasteiger charge is -2.11. The molecule has 0 saturated heterocycles. The van der Waals surface area contributed by atoms with Crippen molar-refractivity contribution in [3.05, 3.63) is 39.9 Å². The number of hydrogen-bond acceptors (Lipinski definition) is 8. The monoisotopic (exact) mass is 269 g/mol. The fraction of sp³-hybridized carbons (Fsp3) is 0.167. The standard InChI is InChI=1S/C12H11N7O/c1-6-8(10(14)11(15)12(17-6)19-20)4-9-16-3-2-7(5-13)18-9/h2-3H,4,15H2,1H3,(H2,14,17). The lowest BCUT2D eigenvalue weighted by molar-refractivity contribution is 0.941. The zero-order valence-electron chi connectivity index (χ0n) is 10.7. The quantitative estimate of drug-likeness (QED) is 0.796. The first-order valence-corrected chi connectivity index (χ1v) is 5.66. The number of nitroso groups, excluding NO2 is 1. The molecule has 0 spiro atoms. The third kappa shape index (κ3) is 2.37. The van der Waals surface area contributed by atoms with Gasteiger partial charge in [0.1, 0.15) is 23.3 Å². The van der Waals surface area contributed by atoms with Crippen LogP contribution in [0.5, 0.6) is 0 Å². The van der Waals surface area contributed by atoms with Crippen LogP contribution in [0.15, 0.2) is 17.4 Å². The highest BCUT2D eigenvalue weighted by molar-refractivity contribution is 5.77. The molecule has 0 aliphatic rings. The van der Waals surface area contributed by atoms with E-state index in [-0.39, 0.29) is 29.3 Å². The van der Waals surface area contributed by atoms with Gasteiger partial charge in [-0.3, -0.25) is 0 Å². The van der Waals surface area contributed by atoms with Crippen LogP contribution < -0.4 is 11.5 Å². The van der Waals surface area contributed by atoms with Crippen molar-refractivity contribution in [3.63, 3.8) is 0 Å². The van der Waals surface area contributed by atoms with Crippen molar-refractivity contribution in [1.82, 2.24) is 15.0 Å². The van der Waals surface area contributed by atoms with E-state index in [1.807, 2.05) is 6.07 Å². The topological polar surface area (TPSA) is 144 Å². The SMILES string of the molecule is Cc1nc(N=O)c(N)c(N)c1Cc1nccc(C#N)n1. The van der Waals surface area contributed by atoms with Crippen molar-refractivity contribution in [3.8, 4) is 6.07 Å². The first-order valence-electron chi connectivity index (χ1n) is 5.66. The Labute approximate surface area is 114 Å². The number of pyridine rings is 1. The van der Waals surface area contributed by atoms with Crippen LogP contribution >= 0.6 is 0 Å². The maximum absolute atomic E-state index is 10.6. The minimum Gasteiger partial charge on any atom is -0.397 e. The zero-order valence-corrected chi connectivity index (χ0v) is 10.7. The average Bonchev–Trinajstić information content (AvgIpc) is 2.47. The highest BCUT2D eigenvalue weighted by Crippen LogP contribution is 2.31. The summed E-state index contributed by atoms with van der Waals surface area (Å²) in [6, 6.07) is 3.44. The van der Waals surface area contributed by atoms with E-state index in [1.165, 1.54) is 12.3 Å². The van der Waals surface area contributed by atoms with Gasteiger partial charge in [-0.15, -0.1) is 4.91 Å². The largest absolute Gasteiger partial charge is 0.397 e. The number of aromatic nitrogens is 3. The van der Waals surface area contributed by atoms with Crippen molar-refractivity contribution in [1.29, 1.82) is 5.26 Å². The van der Waals surface area contributed by atoms with Gasteiger partial charge in [0, 0.05) is 23.9 Å². The maximum Gasteiger partial charge on any atom is 0.222 e. The molecule has 0 atom stereocenters. The van der Waals surface area contributed by atoms with Gasteiger partial charge < -0.3 is 11.5 Å². The molecule has 0 aromatic carbocycles. The van der Waals surface area contributed by atoms with Gasteiger partial charge >= 0.3 is 0 Å². The summed E-state index contributed by atoms with van der Waals surface area (Å²) in [6.07, 6.45) is 1.76. The van der Waals surface area contributed by atoms with Crippen molar-refractivity contribution in [2.24, 2.45) is 5.18 Å². The van der Waals surface area contributed by atoms with Crippen molar-refractivity contribution in [2.45, 2.75) is 13.3 Å². The Hall–Kier alpha value is -3.08. The van der Waals surface area contributed by atoms with E-state index in [2.05, 4.69) is 20.1 Å². The molecule has 8 heteroatoms. The first kappa shape index (κ1) is 13.4. The number of aryl methyl sites for hydroxylation is 1. The second-order valence-electron chi connectivity index (χ2n) is 4.06. The highest BCUT2D eigenvalue weighted by atomic mass is 16.3. The number of rotatable bonds is 3. The third-order valence-corrected chi connectivity index (χ3v) is 2.81. The minimum atomic E-state index is -0.129. The number of hydrogen-bond donors (Lipinski definition) is 2. The molecule has 0 radical (unpaired) electrons. The molecule has 0 saturated carbocycles. The van der Waals surface area contributed by atoms with Crippen LogP contribution in [0.4, 0.5) is 17.2 Å². The fourth-order valence-electron chi connectivity index (χ4n) is 1.76. The van der Waals surface area contributed by atoms with Gasteiger partial charge in [0.2, 0.25) is 5.82 Å². The molecule has 0 bridgehead atoms. The van der Waals surface area contributed by atoms with Gasteiger partial charge in [0.15, 0.2) is 0 Å². The first-order chi connectivity index (χ1) is 9.56. The predicted octanol–water partition coefficient (Wildman–Crippen LogP) is 1.20. The summed E-state index contributed by atoms with van der Waals surface area (Å²) >= 11 is 0. The number of anilines is 2. The van der Waals surface area contributed by atoms with Crippen molar-refractivity contribution in [2.75, 3.05) is 11.5 Å². The second-order valence-corrected chi connectivity index (χ2v) is 4.06. The lowest BCUT2D eigenvalue weighted by Crippen LogP contribution is -2.07. The summed E-state index contributed by atoms with van der Waals surface area (Å²) in [4.78, 5) is 22.7. The molecule has 2 rings (SSSR count). The normalized spacial score (nSPS) is 10.0. The van der Waals surface area contributed by atoms with E-state index in [0.29, 0.717) is 17.1 Å². The highest BCUT2D eigenvalue weighted by Gasteiger charge is 2.15. The van der Waals surface area contributed by atoms with Crippen LogP contribution in [-0.4, -0.2) is 15.0 Å². The van der Waals surface area contributed by atoms with Gasteiger partial charge in [-0.05, 0) is 18.2 Å². The number of nitrogens with zero attached hydrogens (tertiary/aromatic N) is 5. The van der Waals surface area contributed by atoms with Crippen LogP contribution in [0, 0.1) is 23.2 Å². The van der Waals surface area contributed by atoms with E-state index >= 15 is 0 Å². The number of nitrogen functional groups attached to an aromatic ring is 2. The molecule has 0 aliphatic heterocycles. The van der Waals surface area contributed by atoms with Gasteiger partial charge in [-0.25, -0.2) is 15.0 Å². The van der Waals surface area contributed by atoms with Gasteiger partial charge in [0.05, 0.1) is 5.69 Å². The Morgan fingerprint density at radius 2 is 2.10 bits per heavy atom. The van der Waals surface area contributed by atoms with Crippen LogP contribution in [0.2, 0.25) is 0 Å². The molecule has 2 heterocycles. The Morgan fingerprint density at radius 1 is 1.35 bits per heavy atom. The molecule has 20 heavy (non-hydrogen) atoms. The molecule has 0 aliphatic carbocycles. The molecular weight excluding hydrogens is 258 g/mol. The Bertz CT molecular complexity index is 720. The molecule has 8 nitrogen and oxygen atoms in total. The van der Waals surface area contributed by atoms with Crippen LogP contribution in [0.3, 0.4) is 0 Å². The molecule has 100 valence electrons. The summed E-state index contributed by atoms with van der Waals surface area (Å²) in [5.74, 6) is 0.294. The average molecular weight is 269 g/mol. The molecule has 0 fully saturated rings. The van der Waals surface area contributed by atoms with E-state index in [0.717, 1.165) is 0 Å². The number of nitrogens with two attached hydrogens (primary N) is 2. The lowest BCUT2D eigenvalue weighted by atomic mass is 10.1. The van der Waals surface area contributed by atoms with Crippen molar-refractivity contribution < 1.29 is 0 Å². The molecular formula is C12H11N7O. The van der Waals surface area contributed by atoms with Gasteiger partial charge in [0.25, 0.3) is 0 Å².